The van der Waals surface area contributed by atoms with E-state index in [1.807, 2.05) is 13.8 Å². The van der Waals surface area contributed by atoms with Crippen molar-refractivity contribution in [3.05, 3.63) is 20.8 Å². The lowest BCUT2D eigenvalue weighted by Crippen LogP contribution is -2.39. The number of likely N-dealkylation sites (tertiary alicyclic amines) is 1. The molecule has 1 saturated heterocycles. The molecule has 1 aromatic heterocycles. The van der Waals surface area contributed by atoms with E-state index in [-0.39, 0.29) is 41.4 Å². The average Bonchev–Trinajstić information content (AvgIpc) is 2.62. The number of carbonyl (C=O) groups is 3. The van der Waals surface area contributed by atoms with Crippen LogP contribution in [-0.4, -0.2) is 29.0 Å². The van der Waals surface area contributed by atoms with Gasteiger partial charge in [0.1, 0.15) is 0 Å². The highest BCUT2D eigenvalue weighted by molar-refractivity contribution is 9.11. The van der Waals surface area contributed by atoms with E-state index in [2.05, 4.69) is 15.9 Å². The van der Waals surface area contributed by atoms with Gasteiger partial charge >= 0.3 is 0 Å². The van der Waals surface area contributed by atoms with Crippen LogP contribution in [0.3, 0.4) is 0 Å². The number of halogens is 1. The Morgan fingerprint density at radius 1 is 1.32 bits per heavy atom. The SMILES string of the molecule is CC1(C)C2C(=O)N(CC(=O)c3ccc(Br)s3)C(=O)C21. The van der Waals surface area contributed by atoms with E-state index in [1.165, 1.54) is 11.3 Å². The molecule has 0 aromatic carbocycles. The zero-order valence-electron chi connectivity index (χ0n) is 10.5. The second kappa shape index (κ2) is 3.99. The lowest BCUT2D eigenvalue weighted by Gasteiger charge is -2.19. The fourth-order valence-corrected chi connectivity index (χ4v) is 4.16. The number of Topliss-reactive ketones (excluding diaryl/α,β-unsaturated/α-hetero) is 1. The van der Waals surface area contributed by atoms with Gasteiger partial charge in [0.25, 0.3) is 0 Å². The highest BCUT2D eigenvalue weighted by Gasteiger charge is 2.72. The number of nitrogens with zero attached hydrogens (tertiary/aromatic N) is 1. The summed E-state index contributed by atoms with van der Waals surface area (Å²) < 4.78 is 0.860. The van der Waals surface area contributed by atoms with Gasteiger partial charge in [0.05, 0.1) is 27.0 Å². The molecule has 2 atom stereocenters. The Balaban J connectivity index is 1.74. The maximum absolute atomic E-state index is 12.1. The van der Waals surface area contributed by atoms with Gasteiger partial charge in [-0.1, -0.05) is 13.8 Å². The summed E-state index contributed by atoms with van der Waals surface area (Å²) in [7, 11) is 0. The summed E-state index contributed by atoms with van der Waals surface area (Å²) in [5, 5.41) is 0. The van der Waals surface area contributed by atoms with E-state index in [9.17, 15) is 14.4 Å². The summed E-state index contributed by atoms with van der Waals surface area (Å²) in [5.74, 6) is -1.00. The van der Waals surface area contributed by atoms with Gasteiger partial charge in [-0.15, -0.1) is 11.3 Å². The van der Waals surface area contributed by atoms with Gasteiger partial charge < -0.3 is 0 Å². The van der Waals surface area contributed by atoms with Crippen molar-refractivity contribution in [2.45, 2.75) is 13.8 Å². The molecule has 2 aliphatic rings. The molecular weight excluding hydrogens is 330 g/mol. The zero-order valence-corrected chi connectivity index (χ0v) is 12.9. The number of thiophene rings is 1. The van der Waals surface area contributed by atoms with E-state index in [0.717, 1.165) is 8.69 Å². The molecule has 0 bridgehead atoms. The summed E-state index contributed by atoms with van der Waals surface area (Å²) >= 11 is 4.60. The number of carbonyl (C=O) groups excluding carboxylic acids is 3. The summed E-state index contributed by atoms with van der Waals surface area (Å²) in [6.07, 6.45) is 0. The topological polar surface area (TPSA) is 54.5 Å². The summed E-state index contributed by atoms with van der Waals surface area (Å²) in [6.45, 7) is 3.72. The number of hydrogen-bond acceptors (Lipinski definition) is 4. The zero-order chi connectivity index (χ0) is 13.9. The Morgan fingerprint density at radius 3 is 2.37 bits per heavy atom. The third-order valence-corrected chi connectivity index (χ3v) is 5.71. The number of imide groups is 1. The molecular formula is C13H12BrNO3S. The fraction of sp³-hybridized carbons (Fsp3) is 0.462. The predicted octanol–water partition coefficient (Wildman–Crippen LogP) is 2.33. The van der Waals surface area contributed by atoms with Gasteiger partial charge in [-0.2, -0.15) is 0 Å². The lowest BCUT2D eigenvalue weighted by molar-refractivity contribution is -0.142. The number of fused-ring (bicyclic) bond motifs is 1. The largest absolute Gasteiger partial charge is 0.291 e. The van der Waals surface area contributed by atoms with E-state index < -0.39 is 0 Å². The number of amides is 2. The summed E-state index contributed by atoms with van der Waals surface area (Å²) in [6, 6.07) is 3.49. The van der Waals surface area contributed by atoms with Crippen LogP contribution in [0.5, 0.6) is 0 Å². The third-order valence-electron chi connectivity index (χ3n) is 4.04. The molecule has 1 aliphatic heterocycles. The summed E-state index contributed by atoms with van der Waals surface area (Å²) in [4.78, 5) is 37.9. The Labute approximate surface area is 122 Å². The van der Waals surface area contributed by atoms with Crippen LogP contribution in [0.25, 0.3) is 0 Å². The molecule has 2 amide bonds. The first-order chi connectivity index (χ1) is 8.84. The maximum atomic E-state index is 12.1. The summed E-state index contributed by atoms with van der Waals surface area (Å²) in [5.41, 5.74) is -0.223. The van der Waals surface area contributed by atoms with Crippen LogP contribution >= 0.6 is 27.3 Å². The molecule has 0 spiro atoms. The van der Waals surface area contributed by atoms with Crippen molar-refractivity contribution in [1.82, 2.24) is 4.90 Å². The van der Waals surface area contributed by atoms with E-state index in [4.69, 9.17) is 0 Å². The first-order valence-corrected chi connectivity index (χ1v) is 7.58. The molecule has 2 fully saturated rings. The minimum absolute atomic E-state index is 0.131. The van der Waals surface area contributed by atoms with Crippen LogP contribution in [0.1, 0.15) is 23.5 Å². The molecule has 2 heterocycles. The van der Waals surface area contributed by atoms with Gasteiger partial charge in [-0.25, -0.2) is 0 Å². The first kappa shape index (κ1) is 13.0. The second-order valence-electron chi connectivity index (χ2n) is 5.57. The first-order valence-electron chi connectivity index (χ1n) is 5.98. The van der Waals surface area contributed by atoms with Crippen molar-refractivity contribution in [3.8, 4) is 0 Å². The number of piperidine rings is 1. The van der Waals surface area contributed by atoms with Crippen LogP contribution in [0.15, 0.2) is 15.9 Å². The van der Waals surface area contributed by atoms with Gasteiger partial charge in [0.2, 0.25) is 11.8 Å². The van der Waals surface area contributed by atoms with Crippen LogP contribution in [0.2, 0.25) is 0 Å². The van der Waals surface area contributed by atoms with E-state index >= 15 is 0 Å². The Hall–Kier alpha value is -1.01. The highest BCUT2D eigenvalue weighted by atomic mass is 79.9. The lowest BCUT2D eigenvalue weighted by atomic mass is 10.1. The molecule has 1 aliphatic carbocycles. The molecule has 1 aromatic rings. The standard InChI is InChI=1S/C13H12BrNO3S/c1-13(2)9-10(13)12(18)15(11(9)17)5-6(16)7-3-4-8(14)19-7/h3-4,9-10H,5H2,1-2H3. The quantitative estimate of drug-likeness (QED) is 0.626. The molecule has 6 heteroatoms. The van der Waals surface area contributed by atoms with Crippen molar-refractivity contribution in [3.63, 3.8) is 0 Å². The monoisotopic (exact) mass is 341 g/mol. The van der Waals surface area contributed by atoms with E-state index in [1.54, 1.807) is 12.1 Å². The second-order valence-corrected chi connectivity index (χ2v) is 8.03. The normalized spacial score (nSPS) is 27.6. The van der Waals surface area contributed by atoms with Crippen molar-refractivity contribution < 1.29 is 14.4 Å². The minimum Gasteiger partial charge on any atom is -0.291 e. The molecule has 2 unspecified atom stereocenters. The van der Waals surface area contributed by atoms with Crippen molar-refractivity contribution in [2.24, 2.45) is 17.3 Å². The third kappa shape index (κ3) is 1.80. The Kier molecular flexibility index (Phi) is 2.73. The van der Waals surface area contributed by atoms with Crippen LogP contribution in [0.4, 0.5) is 0 Å². The van der Waals surface area contributed by atoms with Gasteiger partial charge in [-0.05, 0) is 33.5 Å². The van der Waals surface area contributed by atoms with Crippen molar-refractivity contribution in [2.75, 3.05) is 6.54 Å². The molecule has 3 rings (SSSR count). The number of hydrogen-bond donors (Lipinski definition) is 0. The molecule has 0 N–H and O–H groups in total. The van der Waals surface area contributed by atoms with Crippen LogP contribution < -0.4 is 0 Å². The van der Waals surface area contributed by atoms with Gasteiger partial charge in [-0.3, -0.25) is 19.3 Å². The predicted molar refractivity (Wildman–Crippen MR) is 73.8 cm³/mol. The van der Waals surface area contributed by atoms with E-state index in [0.29, 0.717) is 4.88 Å². The molecule has 4 nitrogen and oxygen atoms in total. The van der Waals surface area contributed by atoms with Gasteiger partial charge in [0.15, 0.2) is 5.78 Å². The van der Waals surface area contributed by atoms with Gasteiger partial charge in [0, 0.05) is 0 Å². The Morgan fingerprint density at radius 2 is 1.89 bits per heavy atom. The molecule has 1 saturated carbocycles. The molecule has 19 heavy (non-hydrogen) atoms. The van der Waals surface area contributed by atoms with Crippen LogP contribution in [-0.2, 0) is 9.59 Å². The molecule has 0 radical (unpaired) electrons. The number of rotatable bonds is 3. The van der Waals surface area contributed by atoms with Crippen molar-refractivity contribution >= 4 is 44.9 Å². The molecule has 100 valence electrons. The maximum Gasteiger partial charge on any atom is 0.234 e. The highest BCUT2D eigenvalue weighted by Crippen LogP contribution is 2.63. The Bertz CT molecular complexity index is 583. The van der Waals surface area contributed by atoms with Crippen LogP contribution in [0, 0.1) is 17.3 Å². The van der Waals surface area contributed by atoms with Crippen molar-refractivity contribution in [1.29, 1.82) is 0 Å². The fourth-order valence-electron chi connectivity index (χ4n) is 2.85. The smallest absolute Gasteiger partial charge is 0.234 e. The average molecular weight is 342 g/mol. The number of ketones is 1. The minimum atomic E-state index is -0.223.